The molecule has 6 heteroatoms. The number of benzene rings is 1. The summed E-state index contributed by atoms with van der Waals surface area (Å²) in [5.74, 6) is -0.163. The van der Waals surface area contributed by atoms with Gasteiger partial charge in [-0.25, -0.2) is 4.79 Å². The van der Waals surface area contributed by atoms with Crippen LogP contribution in [0.25, 0.3) is 10.9 Å². The summed E-state index contributed by atoms with van der Waals surface area (Å²) in [6.45, 7) is 4.19. The van der Waals surface area contributed by atoms with Gasteiger partial charge in [-0.1, -0.05) is 18.2 Å². The van der Waals surface area contributed by atoms with Gasteiger partial charge in [0.25, 0.3) is 5.91 Å². The van der Waals surface area contributed by atoms with Crippen molar-refractivity contribution >= 4 is 22.8 Å². The van der Waals surface area contributed by atoms with Gasteiger partial charge in [0.05, 0.1) is 17.8 Å². The first-order valence-electron chi connectivity index (χ1n) is 7.00. The van der Waals surface area contributed by atoms with E-state index >= 15 is 0 Å². The Balaban J connectivity index is 1.92. The molecule has 0 spiro atoms. The van der Waals surface area contributed by atoms with Gasteiger partial charge in [-0.3, -0.25) is 14.4 Å². The number of imide groups is 1. The standard InChI is InChI=1S/C15H18N4O2/c1-10(2)18-9-14(20)19(15(18)21)8-12-11-6-4-5-7-13(11)17(3)16-12/h4-7,10H,8-9H2,1-3H3. The summed E-state index contributed by atoms with van der Waals surface area (Å²) < 4.78 is 1.77. The molecule has 6 nitrogen and oxygen atoms in total. The van der Waals surface area contributed by atoms with E-state index in [-0.39, 0.29) is 31.1 Å². The van der Waals surface area contributed by atoms with Crippen molar-refractivity contribution in [2.45, 2.75) is 26.4 Å². The summed E-state index contributed by atoms with van der Waals surface area (Å²) in [7, 11) is 1.86. The van der Waals surface area contributed by atoms with Gasteiger partial charge in [0.15, 0.2) is 0 Å². The lowest BCUT2D eigenvalue weighted by Gasteiger charge is -2.19. The molecule has 1 fully saturated rings. The minimum absolute atomic E-state index is 0.0203. The minimum atomic E-state index is -0.232. The maximum Gasteiger partial charge on any atom is 0.327 e. The minimum Gasteiger partial charge on any atom is -0.313 e. The largest absolute Gasteiger partial charge is 0.327 e. The van der Waals surface area contributed by atoms with E-state index < -0.39 is 0 Å². The molecule has 3 amide bonds. The molecule has 0 unspecified atom stereocenters. The quantitative estimate of drug-likeness (QED) is 0.808. The third-order valence-corrected chi connectivity index (χ3v) is 3.85. The Bertz CT molecular complexity index is 720. The van der Waals surface area contributed by atoms with Crippen LogP contribution in [0.3, 0.4) is 0 Å². The number of hydrogen-bond donors (Lipinski definition) is 0. The number of carbonyl (C=O) groups is 2. The van der Waals surface area contributed by atoms with E-state index in [0.29, 0.717) is 0 Å². The van der Waals surface area contributed by atoms with Gasteiger partial charge in [0.2, 0.25) is 0 Å². The Morgan fingerprint density at radius 1 is 1.24 bits per heavy atom. The predicted octanol–water partition coefficient (Wildman–Crippen LogP) is 1.75. The number of rotatable bonds is 3. The summed E-state index contributed by atoms with van der Waals surface area (Å²) in [6, 6.07) is 7.60. The van der Waals surface area contributed by atoms with Crippen LogP contribution in [0.1, 0.15) is 19.5 Å². The molecule has 0 aliphatic carbocycles. The highest BCUT2D eigenvalue weighted by molar-refractivity contribution is 6.02. The van der Waals surface area contributed by atoms with Gasteiger partial charge in [0.1, 0.15) is 6.54 Å². The first-order valence-corrected chi connectivity index (χ1v) is 7.00. The van der Waals surface area contributed by atoms with Gasteiger partial charge >= 0.3 is 6.03 Å². The Morgan fingerprint density at radius 2 is 1.95 bits per heavy atom. The summed E-state index contributed by atoms with van der Waals surface area (Å²) in [4.78, 5) is 27.2. The molecule has 0 saturated carbocycles. The molecule has 1 aliphatic heterocycles. The topological polar surface area (TPSA) is 58.4 Å². The zero-order valence-corrected chi connectivity index (χ0v) is 12.4. The average Bonchev–Trinajstić information content (AvgIpc) is 2.92. The predicted molar refractivity (Wildman–Crippen MR) is 78.5 cm³/mol. The van der Waals surface area contributed by atoms with Crippen molar-refractivity contribution in [3.8, 4) is 0 Å². The van der Waals surface area contributed by atoms with Crippen molar-refractivity contribution in [3.63, 3.8) is 0 Å². The van der Waals surface area contributed by atoms with Gasteiger partial charge < -0.3 is 4.90 Å². The maximum atomic E-state index is 12.3. The lowest BCUT2D eigenvalue weighted by molar-refractivity contribution is -0.125. The number of hydrogen-bond acceptors (Lipinski definition) is 3. The highest BCUT2D eigenvalue weighted by atomic mass is 16.2. The summed E-state index contributed by atoms with van der Waals surface area (Å²) in [5.41, 5.74) is 1.74. The Kier molecular flexibility index (Phi) is 3.16. The van der Waals surface area contributed by atoms with Crippen LogP contribution in [-0.2, 0) is 18.4 Å². The van der Waals surface area contributed by atoms with Crippen molar-refractivity contribution in [2.24, 2.45) is 7.05 Å². The summed E-state index contributed by atoms with van der Waals surface area (Å²) >= 11 is 0. The van der Waals surface area contributed by atoms with E-state index in [2.05, 4.69) is 5.10 Å². The molecular weight excluding hydrogens is 268 g/mol. The highest BCUT2D eigenvalue weighted by Crippen LogP contribution is 2.22. The van der Waals surface area contributed by atoms with Crippen LogP contribution in [0.2, 0.25) is 0 Å². The molecule has 0 atom stereocenters. The molecule has 1 aromatic heterocycles. The number of fused-ring (bicyclic) bond motifs is 1. The Morgan fingerprint density at radius 3 is 2.62 bits per heavy atom. The van der Waals surface area contributed by atoms with E-state index in [9.17, 15) is 9.59 Å². The normalized spacial score (nSPS) is 15.8. The molecule has 0 bridgehead atoms. The number of aromatic nitrogens is 2. The van der Waals surface area contributed by atoms with Crippen LogP contribution in [0.5, 0.6) is 0 Å². The molecule has 2 aromatic rings. The molecular formula is C15H18N4O2. The SMILES string of the molecule is CC(C)N1CC(=O)N(Cc2nn(C)c3ccccc23)C1=O. The average molecular weight is 286 g/mol. The van der Waals surface area contributed by atoms with Crippen LogP contribution in [0, 0.1) is 0 Å². The van der Waals surface area contributed by atoms with Crippen molar-refractivity contribution in [2.75, 3.05) is 6.54 Å². The van der Waals surface area contributed by atoms with Crippen molar-refractivity contribution < 1.29 is 9.59 Å². The van der Waals surface area contributed by atoms with Gasteiger partial charge in [0, 0.05) is 18.5 Å². The van der Waals surface area contributed by atoms with Crippen LogP contribution >= 0.6 is 0 Å². The number of carbonyl (C=O) groups excluding carboxylic acids is 2. The highest BCUT2D eigenvalue weighted by Gasteiger charge is 2.37. The Labute approximate surface area is 122 Å². The molecule has 1 aliphatic rings. The molecule has 2 heterocycles. The van der Waals surface area contributed by atoms with E-state index in [0.717, 1.165) is 16.6 Å². The van der Waals surface area contributed by atoms with E-state index in [4.69, 9.17) is 0 Å². The zero-order valence-electron chi connectivity index (χ0n) is 12.4. The van der Waals surface area contributed by atoms with E-state index in [1.807, 2.05) is 45.2 Å². The molecule has 3 rings (SSSR count). The number of nitrogens with zero attached hydrogens (tertiary/aromatic N) is 4. The summed E-state index contributed by atoms with van der Waals surface area (Å²) in [6.07, 6.45) is 0. The van der Waals surface area contributed by atoms with Crippen LogP contribution in [0.4, 0.5) is 4.79 Å². The van der Waals surface area contributed by atoms with Gasteiger partial charge in [-0.05, 0) is 19.9 Å². The van der Waals surface area contributed by atoms with E-state index in [1.54, 1.807) is 9.58 Å². The van der Waals surface area contributed by atoms with Crippen molar-refractivity contribution in [1.82, 2.24) is 19.6 Å². The monoisotopic (exact) mass is 286 g/mol. The second-order valence-electron chi connectivity index (χ2n) is 5.57. The van der Waals surface area contributed by atoms with Crippen LogP contribution < -0.4 is 0 Å². The smallest absolute Gasteiger partial charge is 0.313 e. The fraction of sp³-hybridized carbons (Fsp3) is 0.400. The molecule has 0 radical (unpaired) electrons. The molecule has 1 aromatic carbocycles. The summed E-state index contributed by atoms with van der Waals surface area (Å²) in [5, 5.41) is 5.42. The molecule has 110 valence electrons. The fourth-order valence-corrected chi connectivity index (χ4v) is 2.67. The number of urea groups is 1. The van der Waals surface area contributed by atoms with Crippen molar-refractivity contribution in [1.29, 1.82) is 0 Å². The van der Waals surface area contributed by atoms with Gasteiger partial charge in [-0.15, -0.1) is 0 Å². The van der Waals surface area contributed by atoms with E-state index in [1.165, 1.54) is 4.90 Å². The zero-order chi connectivity index (χ0) is 15.1. The number of amides is 3. The molecule has 1 saturated heterocycles. The molecule has 0 N–H and O–H groups in total. The third kappa shape index (κ3) is 2.16. The lowest BCUT2D eigenvalue weighted by atomic mass is 10.2. The molecule has 21 heavy (non-hydrogen) atoms. The number of aryl methyl sites for hydroxylation is 1. The van der Waals surface area contributed by atoms with Crippen LogP contribution in [-0.4, -0.2) is 44.1 Å². The van der Waals surface area contributed by atoms with Crippen LogP contribution in [0.15, 0.2) is 24.3 Å². The first kappa shape index (κ1) is 13.6. The third-order valence-electron chi connectivity index (χ3n) is 3.85. The van der Waals surface area contributed by atoms with Gasteiger partial charge in [-0.2, -0.15) is 5.10 Å². The second kappa shape index (κ2) is 4.87. The van der Waals surface area contributed by atoms with Crippen molar-refractivity contribution in [3.05, 3.63) is 30.0 Å². The fourth-order valence-electron chi connectivity index (χ4n) is 2.67. The lowest BCUT2D eigenvalue weighted by Crippen LogP contribution is -2.36. The first-order chi connectivity index (χ1) is 9.99. The number of para-hydroxylation sites is 1. The maximum absolute atomic E-state index is 12.3. The Hall–Kier alpha value is -2.37. The second-order valence-corrected chi connectivity index (χ2v) is 5.57.